The first-order chi connectivity index (χ1) is 38.6. The molecule has 0 unspecified atom stereocenters. The van der Waals surface area contributed by atoms with Crippen LogP contribution in [0.2, 0.25) is 0 Å². The topological polar surface area (TPSA) is 33.2 Å². The van der Waals surface area contributed by atoms with Crippen molar-refractivity contribution in [2.24, 2.45) is 0 Å². The SMILES string of the molecule is Cc1c(Oc2ccc(-c3ccc(-n4c5ccccc5c5ccccc54)cc3)cc2)cc(-c2ccc(-n3c4ccccc4c4ccccc43)cc2)cc1Oc1ccc(-c2ccc(-n3c4ccccc4c4ccccc43)cc2)cc1. The van der Waals surface area contributed by atoms with Gasteiger partial charge in [-0.3, -0.25) is 0 Å². The average molecular weight is 1000 g/mol. The minimum Gasteiger partial charge on any atom is -0.457 e. The number of fused-ring (bicyclic) bond motifs is 9. The Morgan fingerprint density at radius 2 is 0.449 bits per heavy atom. The van der Waals surface area contributed by atoms with E-state index in [0.29, 0.717) is 0 Å². The number of benzene rings is 12. The quantitative estimate of drug-likeness (QED) is 0.137. The molecule has 12 aromatic carbocycles. The lowest BCUT2D eigenvalue weighted by Gasteiger charge is -2.17. The summed E-state index contributed by atoms with van der Waals surface area (Å²) in [4.78, 5) is 0. The number of nitrogens with zero attached hydrogens (tertiary/aromatic N) is 3. The van der Waals surface area contributed by atoms with Crippen LogP contribution < -0.4 is 9.47 Å². The van der Waals surface area contributed by atoms with Gasteiger partial charge in [-0.15, -0.1) is 0 Å². The second-order valence-corrected chi connectivity index (χ2v) is 20.1. The van der Waals surface area contributed by atoms with E-state index in [2.05, 4.69) is 300 Å². The summed E-state index contributed by atoms with van der Waals surface area (Å²) in [6, 6.07) is 99.2. The lowest BCUT2D eigenvalue weighted by molar-refractivity contribution is 0.454. The van der Waals surface area contributed by atoms with Crippen LogP contribution in [0.5, 0.6) is 23.0 Å². The van der Waals surface area contributed by atoms with E-state index in [1.54, 1.807) is 0 Å². The predicted molar refractivity (Wildman–Crippen MR) is 324 cm³/mol. The lowest BCUT2D eigenvalue weighted by atomic mass is 10.0. The van der Waals surface area contributed by atoms with Gasteiger partial charge in [0.05, 0.1) is 33.1 Å². The van der Waals surface area contributed by atoms with E-state index < -0.39 is 0 Å². The van der Waals surface area contributed by atoms with Gasteiger partial charge >= 0.3 is 0 Å². The Morgan fingerprint density at radius 3 is 0.705 bits per heavy atom. The van der Waals surface area contributed by atoms with Crippen LogP contribution in [0.1, 0.15) is 5.56 Å². The molecule has 15 rings (SSSR count). The molecule has 0 atom stereocenters. The summed E-state index contributed by atoms with van der Waals surface area (Å²) in [5.74, 6) is 2.92. The number of hydrogen-bond donors (Lipinski definition) is 0. The highest BCUT2D eigenvalue weighted by Gasteiger charge is 2.18. The van der Waals surface area contributed by atoms with Crippen LogP contribution in [0.3, 0.4) is 0 Å². The fourth-order valence-electron chi connectivity index (χ4n) is 11.7. The molecule has 368 valence electrons. The molecule has 0 N–H and O–H groups in total. The second kappa shape index (κ2) is 18.5. The fourth-order valence-corrected chi connectivity index (χ4v) is 11.7. The zero-order chi connectivity index (χ0) is 51.7. The normalized spacial score (nSPS) is 11.7. The van der Waals surface area contributed by atoms with Gasteiger partial charge in [-0.25, -0.2) is 0 Å². The molecule has 15 aromatic rings. The van der Waals surface area contributed by atoms with Crippen molar-refractivity contribution in [3.63, 3.8) is 0 Å². The fraction of sp³-hybridized carbons (Fsp3) is 0.0137. The molecule has 0 saturated heterocycles. The van der Waals surface area contributed by atoms with E-state index in [-0.39, 0.29) is 0 Å². The van der Waals surface area contributed by atoms with Crippen LogP contribution in [-0.4, -0.2) is 13.7 Å². The molecule has 0 spiro atoms. The van der Waals surface area contributed by atoms with Gasteiger partial charge in [0.25, 0.3) is 0 Å². The molecule has 0 aliphatic rings. The summed E-state index contributed by atoms with van der Waals surface area (Å²) in [6.45, 7) is 2.07. The van der Waals surface area contributed by atoms with Gasteiger partial charge in [0.15, 0.2) is 0 Å². The van der Waals surface area contributed by atoms with Crippen LogP contribution >= 0.6 is 0 Å². The molecule has 0 bridgehead atoms. The van der Waals surface area contributed by atoms with E-state index in [0.717, 1.165) is 79.0 Å². The van der Waals surface area contributed by atoms with E-state index in [1.807, 2.05) is 0 Å². The molecular formula is C73H49N3O2. The van der Waals surface area contributed by atoms with Crippen LogP contribution in [0, 0.1) is 6.92 Å². The summed E-state index contributed by atoms with van der Waals surface area (Å²) in [7, 11) is 0. The summed E-state index contributed by atoms with van der Waals surface area (Å²) < 4.78 is 20.7. The third-order valence-corrected chi connectivity index (χ3v) is 15.6. The molecule has 0 aliphatic heterocycles. The molecule has 0 aliphatic carbocycles. The number of ether oxygens (including phenoxy) is 2. The monoisotopic (exact) mass is 999 g/mol. The Morgan fingerprint density at radius 1 is 0.231 bits per heavy atom. The highest BCUT2D eigenvalue weighted by Crippen LogP contribution is 2.42. The van der Waals surface area contributed by atoms with Crippen molar-refractivity contribution in [3.8, 4) is 73.4 Å². The molecule has 3 heterocycles. The largest absolute Gasteiger partial charge is 0.457 e. The third kappa shape index (κ3) is 7.63. The Balaban J connectivity index is 0.737. The lowest BCUT2D eigenvalue weighted by Crippen LogP contribution is -1.96. The van der Waals surface area contributed by atoms with Gasteiger partial charge in [0.1, 0.15) is 23.0 Å². The van der Waals surface area contributed by atoms with Crippen LogP contribution in [0.4, 0.5) is 0 Å². The molecule has 0 amide bonds. The molecule has 3 aromatic heterocycles. The van der Waals surface area contributed by atoms with Crippen molar-refractivity contribution in [2.45, 2.75) is 6.92 Å². The number of rotatable bonds is 10. The molecule has 5 nitrogen and oxygen atoms in total. The number of hydrogen-bond acceptors (Lipinski definition) is 2. The second-order valence-electron chi connectivity index (χ2n) is 20.1. The predicted octanol–water partition coefficient (Wildman–Crippen LogP) is 19.9. The molecular weight excluding hydrogens is 951 g/mol. The maximum absolute atomic E-state index is 6.84. The minimum atomic E-state index is 0.720. The Bertz CT molecular complexity index is 4370. The first-order valence-electron chi connectivity index (χ1n) is 26.6. The zero-order valence-electron chi connectivity index (χ0n) is 42.7. The first-order valence-corrected chi connectivity index (χ1v) is 26.6. The Hall–Kier alpha value is -10.4. The highest BCUT2D eigenvalue weighted by molar-refractivity contribution is 6.11. The van der Waals surface area contributed by atoms with Crippen LogP contribution in [0.15, 0.2) is 279 Å². The van der Waals surface area contributed by atoms with Crippen molar-refractivity contribution in [3.05, 3.63) is 285 Å². The van der Waals surface area contributed by atoms with Crippen molar-refractivity contribution < 1.29 is 9.47 Å². The van der Waals surface area contributed by atoms with Gasteiger partial charge < -0.3 is 23.2 Å². The van der Waals surface area contributed by atoms with Crippen LogP contribution in [0.25, 0.3) is 116 Å². The Labute approximate surface area is 451 Å². The Kier molecular flexibility index (Phi) is 10.7. The van der Waals surface area contributed by atoms with E-state index in [1.165, 1.54) is 65.4 Å². The smallest absolute Gasteiger partial charge is 0.134 e. The zero-order valence-corrected chi connectivity index (χ0v) is 42.7. The summed E-state index contributed by atoms with van der Waals surface area (Å²) in [5, 5.41) is 7.49. The summed E-state index contributed by atoms with van der Waals surface area (Å²) in [5.41, 5.74) is 17.9. The van der Waals surface area contributed by atoms with Gasteiger partial charge in [-0.2, -0.15) is 0 Å². The molecule has 78 heavy (non-hydrogen) atoms. The van der Waals surface area contributed by atoms with Gasteiger partial charge in [-0.1, -0.05) is 170 Å². The average Bonchev–Trinajstić information content (AvgIpc) is 4.25. The summed E-state index contributed by atoms with van der Waals surface area (Å²) in [6.07, 6.45) is 0. The van der Waals surface area contributed by atoms with E-state index >= 15 is 0 Å². The van der Waals surface area contributed by atoms with Crippen molar-refractivity contribution in [1.29, 1.82) is 0 Å². The van der Waals surface area contributed by atoms with Gasteiger partial charge in [0, 0.05) is 54.9 Å². The molecule has 0 saturated carbocycles. The molecule has 5 heteroatoms. The van der Waals surface area contributed by atoms with E-state index in [9.17, 15) is 0 Å². The van der Waals surface area contributed by atoms with E-state index in [4.69, 9.17) is 9.47 Å². The molecule has 0 radical (unpaired) electrons. The highest BCUT2D eigenvalue weighted by atomic mass is 16.5. The van der Waals surface area contributed by atoms with Crippen molar-refractivity contribution >= 4 is 65.4 Å². The maximum Gasteiger partial charge on any atom is 0.134 e. The summed E-state index contributed by atoms with van der Waals surface area (Å²) >= 11 is 0. The first kappa shape index (κ1) is 45.1. The number of aromatic nitrogens is 3. The third-order valence-electron chi connectivity index (χ3n) is 15.6. The van der Waals surface area contributed by atoms with Gasteiger partial charge in [-0.05, 0) is 149 Å². The number of para-hydroxylation sites is 6. The van der Waals surface area contributed by atoms with Crippen LogP contribution in [-0.2, 0) is 0 Å². The molecule has 0 fully saturated rings. The van der Waals surface area contributed by atoms with Gasteiger partial charge in [0.2, 0.25) is 0 Å². The van der Waals surface area contributed by atoms with Crippen molar-refractivity contribution in [1.82, 2.24) is 13.7 Å². The van der Waals surface area contributed by atoms with Crippen molar-refractivity contribution in [2.75, 3.05) is 0 Å². The minimum absolute atomic E-state index is 0.720. The standard InChI is InChI=1S/C73H49N3O2/c1-48-72(77-58-42-32-51(33-43-58)49-26-36-55(37-27-49)74-66-20-8-2-14-60(66)61-15-3-9-21-67(61)74)46-54(53-30-40-57(41-31-53)76-70-24-12-6-18-64(70)65-19-7-13-25-71(65)76)47-73(48)78-59-44-34-52(35-45-59)50-28-38-56(39-29-50)75-68-22-10-4-16-62(68)63-17-5-11-23-69(63)75/h2-47H,1H3. The maximum atomic E-state index is 6.84.